The van der Waals surface area contributed by atoms with Gasteiger partial charge in [0.2, 0.25) is 0 Å². The number of para-hydroxylation sites is 1. The average molecular weight is 274 g/mol. The fraction of sp³-hybridized carbons (Fsp3) is 0.0667. The van der Waals surface area contributed by atoms with E-state index in [-0.39, 0.29) is 0 Å². The van der Waals surface area contributed by atoms with E-state index in [2.05, 4.69) is 0 Å². The molecule has 1 heterocycles. The Morgan fingerprint density at radius 1 is 1.11 bits per heavy atom. The Morgan fingerprint density at radius 3 is 2.68 bits per heavy atom. The molecular weight excluding hydrogens is 263 g/mol. The quantitative estimate of drug-likeness (QED) is 0.705. The van der Waals surface area contributed by atoms with E-state index in [9.17, 15) is 8.60 Å². The molecule has 0 radical (unpaired) electrons. The molecule has 96 valence electrons. The van der Waals surface area contributed by atoms with Gasteiger partial charge in [0.1, 0.15) is 17.2 Å². The van der Waals surface area contributed by atoms with Crippen LogP contribution >= 0.6 is 0 Å². The number of rotatable bonds is 2. The smallest absolute Gasteiger partial charge is 0.135 e. The van der Waals surface area contributed by atoms with Gasteiger partial charge >= 0.3 is 0 Å². The van der Waals surface area contributed by atoms with Crippen molar-refractivity contribution < 1.29 is 13.0 Å². The van der Waals surface area contributed by atoms with Crippen LogP contribution in [0.15, 0.2) is 62.7 Å². The van der Waals surface area contributed by atoms with Crippen molar-refractivity contribution in [3.63, 3.8) is 0 Å². The molecule has 0 aliphatic heterocycles. The number of fused-ring (bicyclic) bond motifs is 1. The first-order chi connectivity index (χ1) is 9.16. The first kappa shape index (κ1) is 12.1. The largest absolute Gasteiger partial charge is 0.460 e. The summed E-state index contributed by atoms with van der Waals surface area (Å²) in [4.78, 5) is 1.05. The van der Waals surface area contributed by atoms with Crippen LogP contribution in [0.25, 0.3) is 11.0 Å². The van der Waals surface area contributed by atoms with Crippen molar-refractivity contribution >= 4 is 21.8 Å². The van der Waals surface area contributed by atoms with Crippen LogP contribution in [-0.2, 0) is 10.8 Å². The minimum Gasteiger partial charge on any atom is -0.460 e. The second-order valence-electron chi connectivity index (χ2n) is 4.21. The molecule has 4 heteroatoms. The molecule has 0 spiro atoms. The Balaban J connectivity index is 2.19. The third-order valence-corrected chi connectivity index (χ3v) is 4.47. The van der Waals surface area contributed by atoms with Crippen LogP contribution in [0, 0.1) is 12.7 Å². The Hall–Kier alpha value is -1.94. The number of hydrogen-bond donors (Lipinski definition) is 0. The van der Waals surface area contributed by atoms with Crippen molar-refractivity contribution in [2.24, 2.45) is 0 Å². The van der Waals surface area contributed by atoms with Crippen molar-refractivity contribution in [3.05, 3.63) is 60.1 Å². The third-order valence-electron chi connectivity index (χ3n) is 2.91. The van der Waals surface area contributed by atoms with Crippen LogP contribution in [0.2, 0.25) is 0 Å². The topological polar surface area (TPSA) is 30.2 Å². The van der Waals surface area contributed by atoms with Crippen LogP contribution in [0.5, 0.6) is 0 Å². The molecular formula is C15H11FO2S. The zero-order valence-electron chi connectivity index (χ0n) is 10.2. The highest BCUT2D eigenvalue weighted by atomic mass is 32.2. The number of halogens is 1. The maximum atomic E-state index is 13.2. The molecule has 0 amide bonds. The zero-order valence-corrected chi connectivity index (χ0v) is 11.0. The molecule has 1 unspecified atom stereocenters. The van der Waals surface area contributed by atoms with Crippen LogP contribution < -0.4 is 0 Å². The fourth-order valence-corrected chi connectivity index (χ4v) is 3.40. The van der Waals surface area contributed by atoms with E-state index < -0.39 is 16.6 Å². The van der Waals surface area contributed by atoms with Crippen molar-refractivity contribution in [1.82, 2.24) is 0 Å². The molecule has 3 aromatic rings. The summed E-state index contributed by atoms with van der Waals surface area (Å²) in [6.07, 6.45) is 0. The molecule has 2 aromatic carbocycles. The maximum Gasteiger partial charge on any atom is 0.135 e. The lowest BCUT2D eigenvalue weighted by atomic mass is 10.2. The normalized spacial score (nSPS) is 12.7. The summed E-state index contributed by atoms with van der Waals surface area (Å²) in [6, 6.07) is 13.2. The number of aryl methyl sites for hydroxylation is 1. The predicted octanol–water partition coefficient (Wildman–Crippen LogP) is 4.05. The van der Waals surface area contributed by atoms with Gasteiger partial charge in [-0.15, -0.1) is 0 Å². The molecule has 0 aliphatic rings. The molecule has 0 fully saturated rings. The second-order valence-corrected chi connectivity index (χ2v) is 5.63. The van der Waals surface area contributed by atoms with E-state index >= 15 is 0 Å². The Labute approximate surface area is 112 Å². The highest BCUT2D eigenvalue weighted by molar-refractivity contribution is 7.85. The monoisotopic (exact) mass is 274 g/mol. The molecule has 0 N–H and O–H groups in total. The average Bonchev–Trinajstić information content (AvgIpc) is 2.74. The molecule has 1 aromatic heterocycles. The number of benzene rings is 2. The summed E-state index contributed by atoms with van der Waals surface area (Å²) in [5, 5.41) is 0.808. The predicted molar refractivity (Wildman–Crippen MR) is 72.0 cm³/mol. The van der Waals surface area contributed by atoms with Crippen LogP contribution in [-0.4, -0.2) is 4.21 Å². The molecule has 3 rings (SSSR count). The van der Waals surface area contributed by atoms with E-state index in [4.69, 9.17) is 4.42 Å². The summed E-state index contributed by atoms with van der Waals surface area (Å²) in [7, 11) is -1.45. The van der Waals surface area contributed by atoms with Gasteiger partial charge in [0.15, 0.2) is 0 Å². The van der Waals surface area contributed by atoms with Gasteiger partial charge < -0.3 is 4.42 Å². The van der Waals surface area contributed by atoms with Crippen molar-refractivity contribution in [2.45, 2.75) is 16.7 Å². The highest BCUT2D eigenvalue weighted by Crippen LogP contribution is 2.31. The lowest BCUT2D eigenvalue weighted by molar-refractivity contribution is 0.566. The standard InChI is InChI=1S/C15H11FO2S/c1-10-15(13-7-2-3-8-14(13)18-10)19(17)12-6-4-5-11(16)9-12/h2-9H,1H3. The van der Waals surface area contributed by atoms with E-state index in [1.165, 1.54) is 12.1 Å². The Kier molecular flexibility index (Phi) is 2.95. The molecule has 0 saturated carbocycles. The lowest BCUT2D eigenvalue weighted by Gasteiger charge is -2.01. The van der Waals surface area contributed by atoms with Crippen molar-refractivity contribution in [1.29, 1.82) is 0 Å². The van der Waals surface area contributed by atoms with Crippen LogP contribution in [0.4, 0.5) is 4.39 Å². The minimum absolute atomic E-state index is 0.392. The fourth-order valence-electron chi connectivity index (χ4n) is 2.07. The Bertz CT molecular complexity index is 777. The second kappa shape index (κ2) is 4.63. The summed E-state index contributed by atoms with van der Waals surface area (Å²) < 4.78 is 31.4. The van der Waals surface area contributed by atoms with Crippen molar-refractivity contribution in [3.8, 4) is 0 Å². The zero-order chi connectivity index (χ0) is 13.4. The van der Waals surface area contributed by atoms with E-state index in [0.717, 1.165) is 5.39 Å². The summed E-state index contributed by atoms with van der Waals surface area (Å²) in [5.74, 6) is 0.208. The lowest BCUT2D eigenvalue weighted by Crippen LogP contribution is -1.94. The summed E-state index contributed by atoms with van der Waals surface area (Å²) >= 11 is 0. The van der Waals surface area contributed by atoms with E-state index in [0.29, 0.717) is 21.1 Å². The number of hydrogen-bond acceptors (Lipinski definition) is 2. The molecule has 1 atom stereocenters. The van der Waals surface area contributed by atoms with Gasteiger partial charge in [0, 0.05) is 10.3 Å². The SMILES string of the molecule is Cc1oc2ccccc2c1S(=O)c1cccc(F)c1. The molecule has 0 saturated heterocycles. The third kappa shape index (κ3) is 2.08. The van der Waals surface area contributed by atoms with Gasteiger partial charge in [-0.3, -0.25) is 0 Å². The van der Waals surface area contributed by atoms with E-state index in [1.807, 2.05) is 24.3 Å². The summed E-state index contributed by atoms with van der Waals surface area (Å²) in [6.45, 7) is 1.77. The molecule has 0 bridgehead atoms. The Morgan fingerprint density at radius 2 is 1.89 bits per heavy atom. The molecule has 19 heavy (non-hydrogen) atoms. The minimum atomic E-state index is -1.45. The van der Waals surface area contributed by atoms with Gasteiger partial charge in [-0.2, -0.15) is 0 Å². The van der Waals surface area contributed by atoms with Crippen LogP contribution in [0.1, 0.15) is 5.76 Å². The maximum absolute atomic E-state index is 13.2. The highest BCUT2D eigenvalue weighted by Gasteiger charge is 2.18. The first-order valence-electron chi connectivity index (χ1n) is 5.82. The summed E-state index contributed by atoms with van der Waals surface area (Å²) in [5.41, 5.74) is 0.694. The van der Waals surface area contributed by atoms with Gasteiger partial charge in [0.05, 0.1) is 15.7 Å². The van der Waals surface area contributed by atoms with Crippen LogP contribution in [0.3, 0.4) is 0 Å². The number of furan rings is 1. The van der Waals surface area contributed by atoms with Crippen molar-refractivity contribution in [2.75, 3.05) is 0 Å². The van der Waals surface area contributed by atoms with Gasteiger partial charge in [-0.25, -0.2) is 8.60 Å². The molecule has 0 aliphatic carbocycles. The van der Waals surface area contributed by atoms with E-state index in [1.54, 1.807) is 19.1 Å². The van der Waals surface area contributed by atoms with Gasteiger partial charge in [-0.1, -0.05) is 18.2 Å². The van der Waals surface area contributed by atoms with Gasteiger partial charge in [0.25, 0.3) is 0 Å². The molecule has 2 nitrogen and oxygen atoms in total. The van der Waals surface area contributed by atoms with Gasteiger partial charge in [-0.05, 0) is 37.3 Å². The first-order valence-corrected chi connectivity index (χ1v) is 6.97.